The third-order valence-electron chi connectivity index (χ3n) is 8.38. The number of aliphatic hydroxyl groups is 5. The Labute approximate surface area is 220 Å². The summed E-state index contributed by atoms with van der Waals surface area (Å²) < 4.78 is 28.0. The van der Waals surface area contributed by atoms with Crippen molar-refractivity contribution in [3.05, 3.63) is 23.5 Å². The van der Waals surface area contributed by atoms with Crippen LogP contribution in [0.1, 0.15) is 33.6 Å². The molecule has 2 bridgehead atoms. The van der Waals surface area contributed by atoms with E-state index in [4.69, 9.17) is 23.7 Å². The highest BCUT2D eigenvalue weighted by atomic mass is 16.8. The Hall–Kier alpha value is -2.06. The fourth-order valence-electron chi connectivity index (χ4n) is 5.81. The molecule has 214 valence electrons. The minimum absolute atomic E-state index is 0.0222. The van der Waals surface area contributed by atoms with E-state index < -0.39 is 67.6 Å². The third kappa shape index (κ3) is 5.62. The molecular weight excluding hydrogens is 504 g/mol. The fourth-order valence-corrected chi connectivity index (χ4v) is 5.81. The molecule has 38 heavy (non-hydrogen) atoms. The van der Waals surface area contributed by atoms with Crippen LogP contribution >= 0.6 is 0 Å². The van der Waals surface area contributed by atoms with Crippen molar-refractivity contribution in [2.24, 2.45) is 29.6 Å². The van der Waals surface area contributed by atoms with Crippen LogP contribution in [0.4, 0.5) is 0 Å². The lowest BCUT2D eigenvalue weighted by molar-refractivity contribution is -0.327. The number of fused-ring (bicyclic) bond motifs is 3. The topological polar surface area (TPSA) is 181 Å². The highest BCUT2D eigenvalue weighted by molar-refractivity contribution is 5.91. The van der Waals surface area contributed by atoms with Crippen molar-refractivity contribution < 1.29 is 58.8 Å². The molecule has 12 nitrogen and oxygen atoms in total. The lowest BCUT2D eigenvalue weighted by Gasteiger charge is -2.42. The van der Waals surface area contributed by atoms with Gasteiger partial charge in [0.25, 0.3) is 0 Å². The minimum Gasteiger partial charge on any atom is -0.468 e. The monoisotopic (exact) mass is 542 g/mol. The van der Waals surface area contributed by atoms with E-state index in [1.54, 1.807) is 13.0 Å². The maximum Gasteiger partial charge on any atom is 0.337 e. The zero-order chi connectivity index (χ0) is 27.7. The normalized spacial score (nSPS) is 45.5. The largest absolute Gasteiger partial charge is 0.468 e. The smallest absolute Gasteiger partial charge is 0.337 e. The second-order valence-electron chi connectivity index (χ2n) is 10.7. The number of carbonyl (C=O) groups excluding carboxylic acids is 2. The highest BCUT2D eigenvalue weighted by Crippen LogP contribution is 2.42. The molecule has 0 radical (unpaired) electrons. The molecule has 0 aromatic heterocycles. The van der Waals surface area contributed by atoms with Crippen LogP contribution in [0, 0.1) is 29.6 Å². The van der Waals surface area contributed by atoms with Crippen molar-refractivity contribution in [3.63, 3.8) is 0 Å². The summed E-state index contributed by atoms with van der Waals surface area (Å²) in [6.45, 7) is 5.08. The van der Waals surface area contributed by atoms with Crippen LogP contribution in [0.3, 0.4) is 0 Å². The van der Waals surface area contributed by atoms with Gasteiger partial charge in [-0.2, -0.15) is 0 Å². The molecule has 0 aromatic carbocycles. The van der Waals surface area contributed by atoms with Gasteiger partial charge in [0.15, 0.2) is 6.29 Å². The van der Waals surface area contributed by atoms with E-state index in [0.29, 0.717) is 12.0 Å². The van der Waals surface area contributed by atoms with Crippen molar-refractivity contribution in [3.8, 4) is 0 Å². The number of esters is 2. The Morgan fingerprint density at radius 3 is 2.45 bits per heavy atom. The lowest BCUT2D eigenvalue weighted by atomic mass is 9.86. The first-order chi connectivity index (χ1) is 18.1. The number of allylic oxidation sites excluding steroid dienone is 1. The molecule has 3 fully saturated rings. The summed E-state index contributed by atoms with van der Waals surface area (Å²) in [5.74, 6) is -2.39. The Morgan fingerprint density at radius 2 is 1.76 bits per heavy atom. The van der Waals surface area contributed by atoms with Crippen molar-refractivity contribution in [2.45, 2.75) is 76.7 Å². The van der Waals surface area contributed by atoms with E-state index in [-0.39, 0.29) is 48.9 Å². The van der Waals surface area contributed by atoms with Gasteiger partial charge in [-0.1, -0.05) is 19.9 Å². The van der Waals surface area contributed by atoms with Crippen LogP contribution in [0.5, 0.6) is 0 Å². The van der Waals surface area contributed by atoms with Gasteiger partial charge in [-0.3, -0.25) is 4.79 Å². The molecule has 12 heteroatoms. The van der Waals surface area contributed by atoms with Gasteiger partial charge in [0.05, 0.1) is 44.2 Å². The first kappa shape index (κ1) is 28.9. The average Bonchev–Trinajstić information content (AvgIpc) is 3.19. The van der Waals surface area contributed by atoms with E-state index in [2.05, 4.69) is 0 Å². The van der Waals surface area contributed by atoms with Crippen molar-refractivity contribution >= 4 is 11.9 Å². The maximum atomic E-state index is 13.1. The van der Waals surface area contributed by atoms with Crippen LogP contribution in [-0.2, 0) is 33.3 Å². The van der Waals surface area contributed by atoms with E-state index in [1.807, 2.05) is 13.8 Å². The number of cyclic esters (lactones) is 2. The molecule has 1 aliphatic carbocycles. The summed E-state index contributed by atoms with van der Waals surface area (Å²) in [5.41, 5.74) is 0.441. The Balaban J connectivity index is 1.56. The number of ether oxygens (including phenoxy) is 5. The lowest BCUT2D eigenvalue weighted by Crippen LogP contribution is -2.60. The van der Waals surface area contributed by atoms with Gasteiger partial charge in [-0.15, -0.1) is 0 Å². The fraction of sp³-hybridized carbons (Fsp3) is 0.769. The van der Waals surface area contributed by atoms with Gasteiger partial charge in [-0.25, -0.2) is 4.79 Å². The molecule has 1 saturated carbocycles. The Morgan fingerprint density at radius 1 is 1.03 bits per heavy atom. The first-order valence-electron chi connectivity index (χ1n) is 13.1. The first-order valence-corrected chi connectivity index (χ1v) is 13.1. The maximum absolute atomic E-state index is 13.1. The van der Waals surface area contributed by atoms with Crippen LogP contribution in [0.2, 0.25) is 0 Å². The number of rotatable bonds is 3. The molecule has 2 saturated heterocycles. The van der Waals surface area contributed by atoms with Crippen molar-refractivity contribution in [1.29, 1.82) is 0 Å². The minimum atomic E-state index is -1.66. The van der Waals surface area contributed by atoms with E-state index in [1.165, 1.54) is 0 Å². The van der Waals surface area contributed by atoms with Gasteiger partial charge < -0.3 is 49.2 Å². The summed E-state index contributed by atoms with van der Waals surface area (Å²) in [5, 5.41) is 50.7. The van der Waals surface area contributed by atoms with Crippen LogP contribution in [0.25, 0.3) is 0 Å². The summed E-state index contributed by atoms with van der Waals surface area (Å²) in [6, 6.07) is 0. The molecule has 4 aliphatic rings. The van der Waals surface area contributed by atoms with E-state index in [0.717, 1.165) is 6.26 Å². The van der Waals surface area contributed by atoms with E-state index >= 15 is 0 Å². The number of hydrogen-bond donors (Lipinski definition) is 5. The van der Waals surface area contributed by atoms with Crippen LogP contribution < -0.4 is 0 Å². The number of hydrogen-bond acceptors (Lipinski definition) is 12. The SMILES string of the molecule is C/C=C1/[C@H](O[C@@H]2O[C@H](CO)[C@@H](O)[C@H](O)[C@H]2O)OC=C2C(=O)OC[C@H](C)[C@@H]3C[C@H](COC(=O)C[C@H]21)[C@@H](C)[C@H]3O. The van der Waals surface area contributed by atoms with Crippen LogP contribution in [-0.4, -0.2) is 100 Å². The molecule has 3 aliphatic heterocycles. The molecule has 0 amide bonds. The quantitative estimate of drug-likeness (QED) is 0.225. The molecule has 5 N–H and O–H groups in total. The third-order valence-corrected chi connectivity index (χ3v) is 8.38. The highest BCUT2D eigenvalue weighted by Gasteiger charge is 2.48. The van der Waals surface area contributed by atoms with E-state index in [9.17, 15) is 35.1 Å². The number of carbonyl (C=O) groups is 2. The van der Waals surface area contributed by atoms with Gasteiger partial charge >= 0.3 is 11.9 Å². The van der Waals surface area contributed by atoms with Crippen molar-refractivity contribution in [2.75, 3.05) is 19.8 Å². The zero-order valence-corrected chi connectivity index (χ0v) is 21.7. The second-order valence-corrected chi connectivity index (χ2v) is 10.7. The predicted octanol–water partition coefficient (Wildman–Crippen LogP) is -0.635. The molecule has 0 aromatic rings. The number of aliphatic hydroxyl groups excluding tert-OH is 5. The zero-order valence-electron chi connectivity index (χ0n) is 21.7. The summed E-state index contributed by atoms with van der Waals surface area (Å²) >= 11 is 0. The molecule has 12 atom stereocenters. The summed E-state index contributed by atoms with van der Waals surface area (Å²) in [4.78, 5) is 26.0. The molecular formula is C26H38O12. The summed E-state index contributed by atoms with van der Waals surface area (Å²) in [6.07, 6.45) is -6.19. The molecule has 0 unspecified atom stereocenters. The van der Waals surface area contributed by atoms with Gasteiger partial charge in [0.2, 0.25) is 6.29 Å². The predicted molar refractivity (Wildman–Crippen MR) is 128 cm³/mol. The molecule has 3 heterocycles. The standard InChI is InChI=1S/C26H38O12/c1-4-14-16-6-19(28)34-9-13-5-15(20(29)12(13)3)11(2)8-35-24(33)17(16)10-36-25(14)38-26-23(32)22(31)21(30)18(7-27)37-26/h4,10-13,15-16,18,20-23,25-27,29-32H,5-9H2,1-3H3/b14-4+/t11-,12+,13+,15-,16-,18+,20+,21+,22-,23+,25-,26-/m0/s1. The summed E-state index contributed by atoms with van der Waals surface area (Å²) in [7, 11) is 0. The van der Waals surface area contributed by atoms with Gasteiger partial charge in [0, 0.05) is 11.5 Å². The second kappa shape index (κ2) is 12.0. The molecule has 0 spiro atoms. The van der Waals surface area contributed by atoms with Crippen molar-refractivity contribution in [1.82, 2.24) is 0 Å². The van der Waals surface area contributed by atoms with Gasteiger partial charge in [-0.05, 0) is 37.0 Å². The molecule has 4 rings (SSSR count). The Kier molecular flexibility index (Phi) is 9.13. The van der Waals surface area contributed by atoms with Crippen LogP contribution in [0.15, 0.2) is 23.5 Å². The average molecular weight is 543 g/mol. The van der Waals surface area contributed by atoms with Gasteiger partial charge in [0.1, 0.15) is 24.4 Å². The Bertz CT molecular complexity index is 931.